The summed E-state index contributed by atoms with van der Waals surface area (Å²) in [6.45, 7) is 1.91. The molecule has 0 saturated carbocycles. The topological polar surface area (TPSA) is 43.1 Å². The van der Waals surface area contributed by atoms with E-state index in [-0.39, 0.29) is 5.78 Å². The molecule has 1 aromatic heterocycles. The van der Waals surface area contributed by atoms with Gasteiger partial charge >= 0.3 is 0 Å². The van der Waals surface area contributed by atoms with Gasteiger partial charge in [0.1, 0.15) is 0 Å². The van der Waals surface area contributed by atoms with Crippen molar-refractivity contribution in [1.82, 2.24) is 0 Å². The van der Waals surface area contributed by atoms with E-state index >= 15 is 0 Å². The number of aryl methyl sites for hydroxylation is 1. The maximum atomic E-state index is 12.0. The minimum absolute atomic E-state index is 0.0383. The molecular weight excluding hydrogens is 242 g/mol. The van der Waals surface area contributed by atoms with Crippen LogP contribution in [0.25, 0.3) is 0 Å². The Hall–Kier alpha value is -1.32. The first kappa shape index (κ1) is 11.2. The zero-order valence-corrected chi connectivity index (χ0v) is 10.2. The monoisotopic (exact) mass is 251 g/mol. The van der Waals surface area contributed by atoms with Crippen molar-refractivity contribution in [3.63, 3.8) is 0 Å². The predicted octanol–water partition coefficient (Wildman–Crippen LogP) is 3.52. The average Bonchev–Trinajstić information content (AvgIpc) is 2.68. The van der Waals surface area contributed by atoms with Gasteiger partial charge in [0.15, 0.2) is 0 Å². The summed E-state index contributed by atoms with van der Waals surface area (Å²) >= 11 is 7.07. The highest BCUT2D eigenvalue weighted by Crippen LogP contribution is 2.25. The lowest BCUT2D eigenvalue weighted by molar-refractivity contribution is 0.104. The van der Waals surface area contributed by atoms with Gasteiger partial charge in [-0.05, 0) is 30.7 Å². The lowest BCUT2D eigenvalue weighted by Gasteiger charge is -2.02. The molecule has 0 aliphatic heterocycles. The first-order valence-electron chi connectivity index (χ1n) is 4.74. The van der Waals surface area contributed by atoms with Crippen LogP contribution >= 0.6 is 22.9 Å². The Labute approximate surface area is 103 Å². The average molecular weight is 252 g/mol. The van der Waals surface area contributed by atoms with Gasteiger partial charge in [-0.1, -0.05) is 23.7 Å². The highest BCUT2D eigenvalue weighted by Gasteiger charge is 2.12. The summed E-state index contributed by atoms with van der Waals surface area (Å²) in [6.07, 6.45) is 0. The number of hydrogen-bond acceptors (Lipinski definition) is 3. The number of rotatable bonds is 2. The van der Waals surface area contributed by atoms with E-state index < -0.39 is 0 Å². The first-order chi connectivity index (χ1) is 7.58. The van der Waals surface area contributed by atoms with Crippen molar-refractivity contribution in [1.29, 1.82) is 0 Å². The SMILES string of the molecule is Cc1ccc(C(=O)c2ccc(Cl)s2)cc1N. The fourth-order valence-electron chi connectivity index (χ4n) is 1.36. The molecule has 2 nitrogen and oxygen atoms in total. The van der Waals surface area contributed by atoms with E-state index in [0.717, 1.165) is 5.56 Å². The van der Waals surface area contributed by atoms with Crippen LogP contribution in [-0.2, 0) is 0 Å². The quantitative estimate of drug-likeness (QED) is 0.656. The normalized spacial score (nSPS) is 10.4. The van der Waals surface area contributed by atoms with Crippen molar-refractivity contribution in [3.8, 4) is 0 Å². The van der Waals surface area contributed by atoms with Crippen molar-refractivity contribution < 1.29 is 4.79 Å². The molecular formula is C12H10ClNOS. The molecule has 2 rings (SSSR count). The summed E-state index contributed by atoms with van der Waals surface area (Å²) in [5, 5.41) is 0. The third-order valence-corrected chi connectivity index (χ3v) is 3.57. The Morgan fingerprint density at radius 2 is 2.06 bits per heavy atom. The van der Waals surface area contributed by atoms with Gasteiger partial charge in [0.05, 0.1) is 9.21 Å². The molecule has 0 spiro atoms. The van der Waals surface area contributed by atoms with E-state index in [1.165, 1.54) is 11.3 Å². The van der Waals surface area contributed by atoms with Gasteiger partial charge in [-0.15, -0.1) is 11.3 Å². The Bertz CT molecular complexity index is 548. The number of ketones is 1. The van der Waals surface area contributed by atoms with Crippen molar-refractivity contribution in [3.05, 3.63) is 50.7 Å². The molecule has 0 aliphatic rings. The number of anilines is 1. The summed E-state index contributed by atoms with van der Waals surface area (Å²) in [7, 11) is 0. The second kappa shape index (κ2) is 4.28. The Kier molecular flexibility index (Phi) is 2.99. The molecule has 1 aromatic carbocycles. The number of benzene rings is 1. The van der Waals surface area contributed by atoms with Crippen molar-refractivity contribution >= 4 is 34.4 Å². The van der Waals surface area contributed by atoms with Crippen LogP contribution in [0.3, 0.4) is 0 Å². The molecule has 16 heavy (non-hydrogen) atoms. The lowest BCUT2D eigenvalue weighted by Crippen LogP contribution is -2.00. The Balaban J connectivity index is 2.38. The van der Waals surface area contributed by atoms with Gasteiger partial charge < -0.3 is 5.73 Å². The zero-order chi connectivity index (χ0) is 11.7. The van der Waals surface area contributed by atoms with Crippen molar-refractivity contribution in [2.45, 2.75) is 6.92 Å². The maximum absolute atomic E-state index is 12.0. The molecule has 0 saturated heterocycles. The van der Waals surface area contributed by atoms with E-state index in [1.807, 2.05) is 13.0 Å². The number of nitrogens with two attached hydrogens (primary N) is 1. The number of carbonyl (C=O) groups excluding carboxylic acids is 1. The molecule has 2 aromatic rings. The van der Waals surface area contributed by atoms with Crippen LogP contribution in [0.2, 0.25) is 4.34 Å². The van der Waals surface area contributed by atoms with Gasteiger partial charge in [-0.2, -0.15) is 0 Å². The third-order valence-electron chi connectivity index (χ3n) is 2.34. The fraction of sp³-hybridized carbons (Fsp3) is 0.0833. The van der Waals surface area contributed by atoms with Crippen LogP contribution in [0.5, 0.6) is 0 Å². The van der Waals surface area contributed by atoms with Gasteiger partial charge in [-0.3, -0.25) is 4.79 Å². The van der Waals surface area contributed by atoms with Crippen LogP contribution in [0.4, 0.5) is 5.69 Å². The van der Waals surface area contributed by atoms with Gasteiger partial charge in [0, 0.05) is 11.3 Å². The van der Waals surface area contributed by atoms with E-state index in [1.54, 1.807) is 24.3 Å². The van der Waals surface area contributed by atoms with Crippen LogP contribution in [0.1, 0.15) is 20.8 Å². The van der Waals surface area contributed by atoms with Gasteiger partial charge in [-0.25, -0.2) is 0 Å². The number of nitrogen functional groups attached to an aromatic ring is 1. The Morgan fingerprint density at radius 1 is 1.31 bits per heavy atom. The Morgan fingerprint density at radius 3 is 2.62 bits per heavy atom. The molecule has 2 N–H and O–H groups in total. The van der Waals surface area contributed by atoms with Crippen molar-refractivity contribution in [2.24, 2.45) is 0 Å². The zero-order valence-electron chi connectivity index (χ0n) is 8.66. The number of halogens is 1. The molecule has 0 amide bonds. The largest absolute Gasteiger partial charge is 0.398 e. The molecule has 82 valence electrons. The van der Waals surface area contributed by atoms with Crippen LogP contribution in [0, 0.1) is 6.92 Å². The van der Waals surface area contributed by atoms with E-state index in [9.17, 15) is 4.79 Å². The summed E-state index contributed by atoms with van der Waals surface area (Å²) in [4.78, 5) is 12.7. The van der Waals surface area contributed by atoms with Gasteiger partial charge in [0.25, 0.3) is 0 Å². The summed E-state index contributed by atoms with van der Waals surface area (Å²) < 4.78 is 0.614. The number of thiophene rings is 1. The lowest BCUT2D eigenvalue weighted by atomic mass is 10.1. The minimum Gasteiger partial charge on any atom is -0.398 e. The molecule has 0 bridgehead atoms. The summed E-state index contributed by atoms with van der Waals surface area (Å²) in [5.74, 6) is -0.0383. The van der Waals surface area contributed by atoms with E-state index in [4.69, 9.17) is 17.3 Å². The first-order valence-corrected chi connectivity index (χ1v) is 5.93. The van der Waals surface area contributed by atoms with Crippen molar-refractivity contribution in [2.75, 3.05) is 5.73 Å². The smallest absolute Gasteiger partial charge is 0.203 e. The standard InChI is InChI=1S/C12H10ClNOS/c1-7-2-3-8(6-9(7)14)12(15)10-4-5-11(13)16-10/h2-6H,14H2,1H3. The van der Waals surface area contributed by atoms with E-state index in [0.29, 0.717) is 20.5 Å². The molecule has 0 atom stereocenters. The molecule has 1 heterocycles. The number of hydrogen-bond donors (Lipinski definition) is 1. The second-order valence-corrected chi connectivity index (χ2v) is 5.22. The number of carbonyl (C=O) groups is 1. The molecule has 0 unspecified atom stereocenters. The maximum Gasteiger partial charge on any atom is 0.203 e. The molecule has 4 heteroatoms. The van der Waals surface area contributed by atoms with E-state index in [2.05, 4.69) is 0 Å². The van der Waals surface area contributed by atoms with Crippen LogP contribution < -0.4 is 5.73 Å². The highest BCUT2D eigenvalue weighted by molar-refractivity contribution is 7.18. The molecule has 0 aliphatic carbocycles. The molecule has 0 radical (unpaired) electrons. The highest BCUT2D eigenvalue weighted by atomic mass is 35.5. The van der Waals surface area contributed by atoms with Gasteiger partial charge in [0.2, 0.25) is 5.78 Å². The second-order valence-electron chi connectivity index (χ2n) is 3.50. The van der Waals surface area contributed by atoms with Crippen LogP contribution in [-0.4, -0.2) is 5.78 Å². The fourth-order valence-corrected chi connectivity index (χ4v) is 2.37. The minimum atomic E-state index is -0.0383. The molecule has 0 fully saturated rings. The van der Waals surface area contributed by atoms with Crippen LogP contribution in [0.15, 0.2) is 30.3 Å². The predicted molar refractivity (Wildman–Crippen MR) is 68.4 cm³/mol. The summed E-state index contributed by atoms with van der Waals surface area (Å²) in [6, 6.07) is 8.77. The third kappa shape index (κ3) is 2.10. The summed E-state index contributed by atoms with van der Waals surface area (Å²) in [5.41, 5.74) is 7.97.